The first-order valence-corrected chi connectivity index (χ1v) is 12.6. The molecule has 2 aromatic rings. The van der Waals surface area contributed by atoms with E-state index in [-0.39, 0.29) is 22.7 Å². The fourth-order valence-electron chi connectivity index (χ4n) is 4.56. The van der Waals surface area contributed by atoms with Crippen LogP contribution in [0.15, 0.2) is 53.9 Å². The Bertz CT molecular complexity index is 1130. The van der Waals surface area contributed by atoms with Crippen LogP contribution in [0.5, 0.6) is 11.5 Å². The fraction of sp³-hybridized carbons (Fsp3) is 0.407. The summed E-state index contributed by atoms with van der Waals surface area (Å²) >= 11 is 0. The van der Waals surface area contributed by atoms with Crippen LogP contribution < -0.4 is 30.7 Å². The number of carbonyl (C=O) groups excluding carboxylic acids is 2. The zero-order chi connectivity index (χ0) is 26.9. The molecular formula is C27H38N5O5+. The standard InChI is InChI=1S/C25H31N5O5.C2H6/c1-34-17-8-9-20(21(16-17)35-2)29-14-12-28(13-15-29)11-5-10-27-22-23(30(26)33)25(32)19-7-4-3-6-18(19)24(22)31;1-2/h3-4,6-9,16,27,33H,5,10-15,26H2,1-2H3;1-2H3/p+1. The van der Waals surface area contributed by atoms with E-state index in [1.165, 1.54) is 0 Å². The van der Waals surface area contributed by atoms with Crippen molar-refractivity contribution in [3.8, 4) is 11.5 Å². The molecule has 1 saturated heterocycles. The van der Waals surface area contributed by atoms with Crippen molar-refractivity contribution >= 4 is 17.3 Å². The second-order valence-electron chi connectivity index (χ2n) is 8.49. The van der Waals surface area contributed by atoms with Crippen molar-refractivity contribution < 1.29 is 29.4 Å². The smallest absolute Gasteiger partial charge is 0.258 e. The quantitative estimate of drug-likeness (QED) is 0.224. The molecule has 2 aliphatic rings. The summed E-state index contributed by atoms with van der Waals surface area (Å²) in [7, 11) is 3.30. The number of fused-ring (bicyclic) bond motifs is 1. The van der Waals surface area contributed by atoms with Gasteiger partial charge in [-0.2, -0.15) is 5.21 Å². The van der Waals surface area contributed by atoms with Gasteiger partial charge in [-0.1, -0.05) is 43.3 Å². The Balaban J connectivity index is 0.00000186. The van der Waals surface area contributed by atoms with Gasteiger partial charge in [-0.3, -0.25) is 14.5 Å². The van der Waals surface area contributed by atoms with Crippen molar-refractivity contribution in [2.24, 2.45) is 5.84 Å². The van der Waals surface area contributed by atoms with E-state index >= 15 is 0 Å². The van der Waals surface area contributed by atoms with Gasteiger partial charge < -0.3 is 19.7 Å². The minimum Gasteiger partial charge on any atom is -0.497 e. The number of nitrogens with zero attached hydrogens (tertiary/aromatic N) is 2. The molecule has 1 fully saturated rings. The molecule has 0 aromatic heterocycles. The van der Waals surface area contributed by atoms with E-state index in [0.29, 0.717) is 12.1 Å². The van der Waals surface area contributed by atoms with Crippen LogP contribution in [-0.2, 0) is 0 Å². The van der Waals surface area contributed by atoms with Crippen LogP contribution in [0.2, 0.25) is 0 Å². The highest BCUT2D eigenvalue weighted by molar-refractivity contribution is 6.25. The maximum absolute atomic E-state index is 12.9. The second kappa shape index (κ2) is 13.2. The average molecular weight is 513 g/mol. The number of Topliss-reactive ketones (excluding diaryl/α,β-unsaturated/α-hetero) is 2. The third-order valence-electron chi connectivity index (χ3n) is 6.43. The minimum atomic E-state index is -0.648. The lowest BCUT2D eigenvalue weighted by molar-refractivity contribution is -1.06. The number of carbonyl (C=O) groups is 2. The Morgan fingerprint density at radius 2 is 1.62 bits per heavy atom. The van der Waals surface area contributed by atoms with Crippen molar-refractivity contribution in [2.45, 2.75) is 20.3 Å². The second-order valence-corrected chi connectivity index (χ2v) is 8.49. The number of nitrogens with two attached hydrogens (primary N) is 1. The van der Waals surface area contributed by atoms with Gasteiger partial charge in [-0.15, -0.1) is 5.84 Å². The summed E-state index contributed by atoms with van der Waals surface area (Å²) in [6.45, 7) is 8.83. The van der Waals surface area contributed by atoms with Gasteiger partial charge in [0.25, 0.3) is 11.5 Å². The lowest BCUT2D eigenvalue weighted by Gasteiger charge is -2.36. The summed E-state index contributed by atoms with van der Waals surface area (Å²) < 4.78 is 10.8. The third kappa shape index (κ3) is 6.28. The monoisotopic (exact) mass is 512 g/mol. The number of hydrogen-bond acceptors (Lipinski definition) is 9. The van der Waals surface area contributed by atoms with Gasteiger partial charge in [0.15, 0.2) is 5.70 Å². The highest BCUT2D eigenvalue weighted by Gasteiger charge is 2.38. The molecule has 4 rings (SSSR count). The number of piperazine rings is 1. The van der Waals surface area contributed by atoms with Crippen LogP contribution in [-0.4, -0.2) is 75.2 Å². The first-order chi connectivity index (χ1) is 17.9. The van der Waals surface area contributed by atoms with Crippen LogP contribution in [0, 0.1) is 0 Å². The van der Waals surface area contributed by atoms with Crippen molar-refractivity contribution in [2.75, 3.05) is 58.4 Å². The van der Waals surface area contributed by atoms with Gasteiger partial charge in [0, 0.05) is 49.9 Å². The molecule has 0 spiro atoms. The number of quaternary nitrogens is 1. The van der Waals surface area contributed by atoms with Crippen molar-refractivity contribution in [3.63, 3.8) is 0 Å². The number of ether oxygens (including phenoxy) is 2. The maximum Gasteiger partial charge on any atom is 0.258 e. The fourth-order valence-corrected chi connectivity index (χ4v) is 4.56. The average Bonchev–Trinajstić information content (AvgIpc) is 2.94. The van der Waals surface area contributed by atoms with Gasteiger partial charge >= 0.3 is 0 Å². The molecule has 1 aliphatic heterocycles. The topological polar surface area (TPSA) is 122 Å². The summed E-state index contributed by atoms with van der Waals surface area (Å²) in [6.07, 6.45) is 0.761. The molecule has 1 heterocycles. The molecule has 1 atom stereocenters. The lowest BCUT2D eigenvalue weighted by atomic mass is 9.90. The van der Waals surface area contributed by atoms with Crippen molar-refractivity contribution in [1.82, 2.24) is 10.2 Å². The lowest BCUT2D eigenvalue weighted by Crippen LogP contribution is -3.15. The van der Waals surface area contributed by atoms with Gasteiger partial charge in [-0.05, 0) is 25.1 Å². The number of rotatable bonds is 9. The molecule has 1 aliphatic carbocycles. The van der Waals surface area contributed by atoms with E-state index in [9.17, 15) is 14.8 Å². The predicted molar refractivity (Wildman–Crippen MR) is 141 cm³/mol. The first kappa shape index (κ1) is 28.1. The van der Waals surface area contributed by atoms with Crippen LogP contribution in [0.4, 0.5) is 5.69 Å². The number of ketones is 2. The van der Waals surface area contributed by atoms with E-state index in [1.54, 1.807) is 38.5 Å². The minimum absolute atomic E-state index is 0.0603. The summed E-state index contributed by atoms with van der Waals surface area (Å²) in [4.78, 5) is 30.4. The molecule has 2 aromatic carbocycles. The van der Waals surface area contributed by atoms with Gasteiger partial charge in [0.2, 0.25) is 5.78 Å². The normalized spacial score (nSPS) is 16.5. The molecule has 0 amide bonds. The molecule has 5 N–H and O–H groups in total. The Morgan fingerprint density at radius 3 is 2.22 bits per heavy atom. The highest BCUT2D eigenvalue weighted by atomic mass is 16.5. The molecule has 37 heavy (non-hydrogen) atoms. The molecule has 10 nitrogen and oxygen atoms in total. The molecule has 10 heteroatoms. The Labute approximate surface area is 218 Å². The Kier molecular flexibility index (Phi) is 10.0. The zero-order valence-corrected chi connectivity index (χ0v) is 22.0. The summed E-state index contributed by atoms with van der Waals surface area (Å²) in [6, 6.07) is 12.4. The van der Waals surface area contributed by atoms with Gasteiger partial charge in [0.1, 0.15) is 11.5 Å². The van der Waals surface area contributed by atoms with E-state index in [4.69, 9.17) is 15.3 Å². The number of hydroxylamine groups is 1. The Hall–Kier alpha value is -3.44. The predicted octanol–water partition coefficient (Wildman–Crippen LogP) is 1.27. The first-order valence-electron chi connectivity index (χ1n) is 12.6. The van der Waals surface area contributed by atoms with E-state index in [1.807, 2.05) is 32.0 Å². The molecule has 200 valence electrons. The highest BCUT2D eigenvalue weighted by Crippen LogP contribution is 2.32. The summed E-state index contributed by atoms with van der Waals surface area (Å²) in [5.74, 6) is 6.32. The van der Waals surface area contributed by atoms with Crippen LogP contribution in [0.3, 0.4) is 0 Å². The van der Waals surface area contributed by atoms with Crippen molar-refractivity contribution in [3.05, 3.63) is 65.0 Å². The van der Waals surface area contributed by atoms with Gasteiger partial charge in [-0.25, -0.2) is 0 Å². The molecule has 1 unspecified atom stereocenters. The number of allylic oxidation sites excluding steroid dienone is 2. The van der Waals surface area contributed by atoms with E-state index < -0.39 is 11.0 Å². The number of anilines is 1. The number of hydrogen-bond donors (Lipinski definition) is 4. The van der Waals surface area contributed by atoms with Crippen molar-refractivity contribution in [1.29, 1.82) is 0 Å². The Morgan fingerprint density at radius 1 is 0.973 bits per heavy atom. The maximum atomic E-state index is 12.9. The molecular weight excluding hydrogens is 474 g/mol. The largest absolute Gasteiger partial charge is 0.497 e. The third-order valence-corrected chi connectivity index (χ3v) is 6.43. The van der Waals surface area contributed by atoms with E-state index in [0.717, 1.165) is 56.3 Å². The van der Waals surface area contributed by atoms with Crippen LogP contribution in [0.25, 0.3) is 0 Å². The van der Waals surface area contributed by atoms with Gasteiger partial charge in [0.05, 0.1) is 19.9 Å². The number of benzene rings is 2. The molecule has 0 bridgehead atoms. The number of methoxy groups -OCH3 is 2. The summed E-state index contributed by atoms with van der Waals surface area (Å²) in [5.41, 5.74) is 1.52. The molecule has 0 radical (unpaired) electrons. The summed E-state index contributed by atoms with van der Waals surface area (Å²) in [5, 5.41) is 12.3. The van der Waals surface area contributed by atoms with Crippen LogP contribution in [0.1, 0.15) is 41.0 Å². The zero-order valence-electron chi connectivity index (χ0n) is 22.0. The number of nitrogens with one attached hydrogen (secondary N) is 2. The molecule has 0 saturated carbocycles. The van der Waals surface area contributed by atoms with E-state index in [2.05, 4.69) is 15.1 Å². The SMILES string of the molecule is CC.COc1ccc(N2CCN(CCCNC3=C([NH+](N)O)C(=O)c4ccccc4C3=O)CC2)c(OC)c1. The van der Waals surface area contributed by atoms with Crippen LogP contribution >= 0.6 is 0 Å².